The van der Waals surface area contributed by atoms with Crippen LogP contribution in [0.5, 0.6) is 0 Å². The monoisotopic (exact) mass is 117 g/mol. The molecular weight excluding hydrogens is 110 g/mol. The fourth-order valence-electron chi connectivity index (χ4n) is 0.238. The van der Waals surface area contributed by atoms with Crippen LogP contribution in [0.15, 0.2) is 0 Å². The number of hydrogen-bond donors (Lipinski definition) is 0. The maximum atomic E-state index is 11.2. The van der Waals surface area contributed by atoms with Gasteiger partial charge in [0.05, 0.1) is 0 Å². The van der Waals surface area contributed by atoms with E-state index in [-0.39, 0.29) is 0 Å². The Hall–Kier alpha value is -0.580. The fourth-order valence-corrected chi connectivity index (χ4v) is 0.238. The van der Waals surface area contributed by atoms with Gasteiger partial charge >= 0.3 is 0 Å². The van der Waals surface area contributed by atoms with Crippen LogP contribution < -0.4 is 0 Å². The Bertz CT molecular complexity index is 96.8. The van der Waals surface area contributed by atoms with Gasteiger partial charge in [-0.15, -0.1) is 0 Å². The molecule has 2 heteroatoms. The van der Waals surface area contributed by atoms with E-state index in [2.05, 4.69) is 12.8 Å². The van der Waals surface area contributed by atoms with Crippen LogP contribution in [0.2, 0.25) is 0 Å². The van der Waals surface area contributed by atoms with Crippen LogP contribution >= 0.6 is 0 Å². The molecule has 0 spiro atoms. The van der Waals surface area contributed by atoms with Gasteiger partial charge < -0.3 is 0 Å². The third kappa shape index (κ3) is 5.42. The third-order valence-corrected chi connectivity index (χ3v) is 0.513. The minimum absolute atomic E-state index is 0.463. The number of alkyl halides is 2. The van der Waals surface area contributed by atoms with Crippen LogP contribution in [0, 0.1) is 18.8 Å². The SMILES string of the molecule is [CH2]CCC#CC(F)F. The van der Waals surface area contributed by atoms with Crippen LogP contribution in [-0.4, -0.2) is 6.43 Å². The lowest BCUT2D eigenvalue weighted by atomic mass is 10.3. The number of rotatable bonds is 1. The van der Waals surface area contributed by atoms with Crippen molar-refractivity contribution in [1.29, 1.82) is 0 Å². The third-order valence-electron chi connectivity index (χ3n) is 0.513. The Balaban J connectivity index is 3.20. The molecule has 0 nitrogen and oxygen atoms in total. The molecule has 0 saturated heterocycles. The highest BCUT2D eigenvalue weighted by molar-refractivity contribution is 5.01. The molecule has 0 N–H and O–H groups in total. The molecule has 0 aromatic heterocycles. The molecule has 0 amide bonds. The molecule has 0 aromatic carbocycles. The van der Waals surface area contributed by atoms with Crippen molar-refractivity contribution < 1.29 is 8.78 Å². The van der Waals surface area contributed by atoms with Gasteiger partial charge in [-0.2, -0.15) is 8.78 Å². The van der Waals surface area contributed by atoms with Gasteiger partial charge in [0.2, 0.25) is 0 Å². The van der Waals surface area contributed by atoms with Gasteiger partial charge in [0.1, 0.15) is 0 Å². The first kappa shape index (κ1) is 7.42. The van der Waals surface area contributed by atoms with Crippen molar-refractivity contribution in [3.8, 4) is 11.8 Å². The Morgan fingerprint density at radius 1 is 1.50 bits per heavy atom. The first-order valence-corrected chi connectivity index (χ1v) is 2.33. The highest BCUT2D eigenvalue weighted by Crippen LogP contribution is 1.88. The quantitative estimate of drug-likeness (QED) is 0.460. The summed E-state index contributed by atoms with van der Waals surface area (Å²) in [6.45, 7) is 3.44. The van der Waals surface area contributed by atoms with Crippen molar-refractivity contribution in [2.24, 2.45) is 0 Å². The van der Waals surface area contributed by atoms with Gasteiger partial charge in [0.15, 0.2) is 0 Å². The molecule has 0 aliphatic rings. The van der Waals surface area contributed by atoms with Gasteiger partial charge in [-0.25, -0.2) is 0 Å². The largest absolute Gasteiger partial charge is 0.298 e. The lowest BCUT2D eigenvalue weighted by Gasteiger charge is -1.78. The number of unbranched alkanes of at least 4 members (excludes halogenated alkanes) is 1. The summed E-state index contributed by atoms with van der Waals surface area (Å²) in [6, 6.07) is 0. The van der Waals surface area contributed by atoms with Crippen molar-refractivity contribution in [2.75, 3.05) is 0 Å². The van der Waals surface area contributed by atoms with Crippen molar-refractivity contribution in [2.45, 2.75) is 19.3 Å². The summed E-state index contributed by atoms with van der Waals surface area (Å²) in [5, 5.41) is 0. The second kappa shape index (κ2) is 4.58. The Morgan fingerprint density at radius 3 is 2.50 bits per heavy atom. The lowest BCUT2D eigenvalue weighted by Crippen LogP contribution is -1.79. The normalized spacial score (nSPS) is 8.50. The molecule has 0 saturated carbocycles. The van der Waals surface area contributed by atoms with Crippen molar-refractivity contribution >= 4 is 0 Å². The number of hydrogen-bond acceptors (Lipinski definition) is 0. The molecule has 0 unspecified atom stereocenters. The van der Waals surface area contributed by atoms with E-state index in [1.807, 2.05) is 0 Å². The van der Waals surface area contributed by atoms with E-state index < -0.39 is 6.43 Å². The number of halogens is 2. The average Bonchev–Trinajstić information content (AvgIpc) is 1.66. The second-order valence-corrected chi connectivity index (χ2v) is 1.23. The second-order valence-electron chi connectivity index (χ2n) is 1.23. The van der Waals surface area contributed by atoms with Crippen molar-refractivity contribution in [1.82, 2.24) is 0 Å². The van der Waals surface area contributed by atoms with Crippen LogP contribution in [-0.2, 0) is 0 Å². The molecule has 0 bridgehead atoms. The summed E-state index contributed by atoms with van der Waals surface area (Å²) in [5.41, 5.74) is 0. The van der Waals surface area contributed by atoms with E-state index in [0.29, 0.717) is 12.8 Å². The Kier molecular flexibility index (Phi) is 4.24. The zero-order valence-electron chi connectivity index (χ0n) is 4.45. The van der Waals surface area contributed by atoms with Gasteiger partial charge in [0, 0.05) is 6.42 Å². The summed E-state index contributed by atoms with van der Waals surface area (Å²) >= 11 is 0. The summed E-state index contributed by atoms with van der Waals surface area (Å²) in [7, 11) is 0. The molecule has 0 heterocycles. The predicted octanol–water partition coefficient (Wildman–Crippen LogP) is 1.87. The maximum absolute atomic E-state index is 11.2. The van der Waals surface area contributed by atoms with E-state index >= 15 is 0 Å². The molecule has 0 rings (SSSR count). The predicted molar refractivity (Wildman–Crippen MR) is 28.4 cm³/mol. The summed E-state index contributed by atoms with van der Waals surface area (Å²) in [5.74, 6) is 4.00. The first-order valence-electron chi connectivity index (χ1n) is 2.33. The molecule has 1 radical (unpaired) electrons. The zero-order chi connectivity index (χ0) is 6.41. The molecular formula is C6H7F2. The smallest absolute Gasteiger partial charge is 0.196 e. The maximum Gasteiger partial charge on any atom is 0.298 e. The summed E-state index contributed by atoms with van der Waals surface area (Å²) < 4.78 is 22.3. The Morgan fingerprint density at radius 2 is 2.12 bits per heavy atom. The highest BCUT2D eigenvalue weighted by Gasteiger charge is 1.88. The van der Waals surface area contributed by atoms with Gasteiger partial charge in [0.25, 0.3) is 6.43 Å². The molecule has 8 heavy (non-hydrogen) atoms. The molecule has 45 valence electrons. The standard InChI is InChI=1S/C6H7F2/c1-2-3-4-5-6(7)8/h6H,1-3H2. The summed E-state index contributed by atoms with van der Waals surface area (Å²) in [6.07, 6.45) is -1.43. The molecule has 0 fully saturated rings. The van der Waals surface area contributed by atoms with Gasteiger partial charge in [-0.1, -0.05) is 12.8 Å². The van der Waals surface area contributed by atoms with Gasteiger partial charge in [-0.05, 0) is 12.3 Å². The molecule has 0 aliphatic heterocycles. The first-order chi connectivity index (χ1) is 3.77. The van der Waals surface area contributed by atoms with E-state index in [9.17, 15) is 8.78 Å². The average molecular weight is 117 g/mol. The lowest BCUT2D eigenvalue weighted by molar-refractivity contribution is 0.215. The molecule has 0 atom stereocenters. The van der Waals surface area contributed by atoms with Crippen LogP contribution in [0.3, 0.4) is 0 Å². The zero-order valence-corrected chi connectivity index (χ0v) is 4.45. The Labute approximate surface area is 47.9 Å². The van der Waals surface area contributed by atoms with E-state index in [0.717, 1.165) is 0 Å². The van der Waals surface area contributed by atoms with Crippen molar-refractivity contribution in [3.63, 3.8) is 0 Å². The van der Waals surface area contributed by atoms with E-state index in [4.69, 9.17) is 0 Å². The van der Waals surface area contributed by atoms with Crippen LogP contribution in [0.4, 0.5) is 8.78 Å². The molecule has 0 aromatic rings. The topological polar surface area (TPSA) is 0 Å². The molecule has 0 aliphatic carbocycles. The van der Waals surface area contributed by atoms with E-state index in [1.54, 1.807) is 5.92 Å². The summed E-state index contributed by atoms with van der Waals surface area (Å²) in [4.78, 5) is 0. The van der Waals surface area contributed by atoms with Crippen LogP contribution in [0.1, 0.15) is 12.8 Å². The fraction of sp³-hybridized carbons (Fsp3) is 0.500. The van der Waals surface area contributed by atoms with Gasteiger partial charge in [-0.3, -0.25) is 0 Å². The van der Waals surface area contributed by atoms with E-state index in [1.165, 1.54) is 0 Å². The van der Waals surface area contributed by atoms with Crippen LogP contribution in [0.25, 0.3) is 0 Å². The van der Waals surface area contributed by atoms with Crippen molar-refractivity contribution in [3.05, 3.63) is 6.92 Å². The minimum atomic E-state index is -2.48. The highest BCUT2D eigenvalue weighted by atomic mass is 19.3. The minimum Gasteiger partial charge on any atom is -0.196 e.